The smallest absolute Gasteiger partial charge is 0.248 e. The van der Waals surface area contributed by atoms with Gasteiger partial charge < -0.3 is 16.0 Å². The molecule has 0 unspecified atom stereocenters. The van der Waals surface area contributed by atoms with Crippen LogP contribution in [0.5, 0.6) is 0 Å². The molecular weight excluding hydrogens is 336 g/mol. The second kappa shape index (κ2) is 9.08. The maximum absolute atomic E-state index is 11.1. The lowest BCUT2D eigenvalue weighted by Gasteiger charge is -2.22. The Kier molecular flexibility index (Phi) is 6.83. The summed E-state index contributed by atoms with van der Waals surface area (Å²) in [6.45, 7) is 3.97. The van der Waals surface area contributed by atoms with E-state index in [1.165, 1.54) is 0 Å². The Bertz CT molecular complexity index is 743. The van der Waals surface area contributed by atoms with Gasteiger partial charge in [0.25, 0.3) is 0 Å². The largest absolute Gasteiger partial charge is 0.366 e. The van der Waals surface area contributed by atoms with E-state index < -0.39 is 5.91 Å². The standard InChI is InChI=1S/C19H23ClN4O/c1-3-22-19(24(2)13-16-6-4-5-7-17(16)20)23-12-14-8-10-15(11-9-14)18(21)25/h4-11H,3,12-13H2,1-2H3,(H2,21,25)(H,22,23). The number of halogens is 1. The zero-order valence-electron chi connectivity index (χ0n) is 14.5. The third-order valence-electron chi connectivity index (χ3n) is 3.71. The molecule has 0 atom stereocenters. The average Bonchev–Trinajstić information content (AvgIpc) is 2.60. The highest BCUT2D eigenvalue weighted by Gasteiger charge is 2.08. The number of hydrogen-bond acceptors (Lipinski definition) is 2. The summed E-state index contributed by atoms with van der Waals surface area (Å²) in [7, 11) is 1.97. The predicted molar refractivity (Wildman–Crippen MR) is 103 cm³/mol. The van der Waals surface area contributed by atoms with Gasteiger partial charge in [0.2, 0.25) is 5.91 Å². The van der Waals surface area contributed by atoms with E-state index in [9.17, 15) is 4.79 Å². The molecule has 25 heavy (non-hydrogen) atoms. The average molecular weight is 359 g/mol. The highest BCUT2D eigenvalue weighted by atomic mass is 35.5. The number of carbonyl (C=O) groups is 1. The van der Waals surface area contributed by atoms with Crippen molar-refractivity contribution in [3.63, 3.8) is 0 Å². The monoisotopic (exact) mass is 358 g/mol. The van der Waals surface area contributed by atoms with Crippen molar-refractivity contribution in [3.05, 3.63) is 70.2 Å². The number of benzene rings is 2. The van der Waals surface area contributed by atoms with Crippen molar-refractivity contribution >= 4 is 23.5 Å². The number of primary amides is 1. The first-order chi connectivity index (χ1) is 12.0. The molecule has 5 nitrogen and oxygen atoms in total. The van der Waals surface area contributed by atoms with Crippen LogP contribution in [0.1, 0.15) is 28.4 Å². The van der Waals surface area contributed by atoms with E-state index in [2.05, 4.69) is 10.3 Å². The number of nitrogens with one attached hydrogen (secondary N) is 1. The van der Waals surface area contributed by atoms with E-state index in [0.717, 1.165) is 28.7 Å². The quantitative estimate of drug-likeness (QED) is 0.616. The van der Waals surface area contributed by atoms with Crippen LogP contribution in [-0.2, 0) is 13.1 Å². The van der Waals surface area contributed by atoms with Gasteiger partial charge in [-0.05, 0) is 36.2 Å². The molecule has 6 heteroatoms. The molecule has 2 rings (SSSR count). The van der Waals surface area contributed by atoms with Gasteiger partial charge in [0, 0.05) is 30.7 Å². The molecule has 132 valence electrons. The second-order valence-electron chi connectivity index (χ2n) is 5.68. The lowest BCUT2D eigenvalue weighted by molar-refractivity contribution is 0.100. The Morgan fingerprint density at radius 3 is 2.48 bits per heavy atom. The van der Waals surface area contributed by atoms with Gasteiger partial charge in [0.1, 0.15) is 0 Å². The summed E-state index contributed by atoms with van der Waals surface area (Å²) in [4.78, 5) is 17.8. The molecule has 1 amide bonds. The van der Waals surface area contributed by atoms with Crippen molar-refractivity contribution in [2.45, 2.75) is 20.0 Å². The molecule has 0 aliphatic heterocycles. The minimum absolute atomic E-state index is 0.428. The topological polar surface area (TPSA) is 70.7 Å². The van der Waals surface area contributed by atoms with Gasteiger partial charge in [0.05, 0.1) is 6.54 Å². The number of carbonyl (C=O) groups excluding carboxylic acids is 1. The summed E-state index contributed by atoms with van der Waals surface area (Å²) in [5.41, 5.74) is 7.80. The van der Waals surface area contributed by atoms with Crippen molar-refractivity contribution in [3.8, 4) is 0 Å². The molecule has 0 bridgehead atoms. The number of rotatable bonds is 6. The summed E-state index contributed by atoms with van der Waals surface area (Å²) in [5, 5.41) is 4.02. The Hall–Kier alpha value is -2.53. The first-order valence-electron chi connectivity index (χ1n) is 8.13. The highest BCUT2D eigenvalue weighted by molar-refractivity contribution is 6.31. The molecule has 0 aliphatic carbocycles. The summed E-state index contributed by atoms with van der Waals surface area (Å²) in [6, 6.07) is 14.9. The van der Waals surface area contributed by atoms with E-state index in [1.807, 2.05) is 55.3 Å². The zero-order chi connectivity index (χ0) is 18.2. The Morgan fingerprint density at radius 2 is 1.88 bits per heavy atom. The first-order valence-corrected chi connectivity index (χ1v) is 8.50. The van der Waals surface area contributed by atoms with E-state index >= 15 is 0 Å². The van der Waals surface area contributed by atoms with Crippen molar-refractivity contribution < 1.29 is 4.79 Å². The van der Waals surface area contributed by atoms with E-state index in [1.54, 1.807) is 12.1 Å². The van der Waals surface area contributed by atoms with Crippen molar-refractivity contribution in [1.29, 1.82) is 0 Å². The van der Waals surface area contributed by atoms with Crippen LogP contribution in [0.15, 0.2) is 53.5 Å². The maximum atomic E-state index is 11.1. The van der Waals surface area contributed by atoms with Crippen LogP contribution in [0.2, 0.25) is 5.02 Å². The Morgan fingerprint density at radius 1 is 1.20 bits per heavy atom. The van der Waals surface area contributed by atoms with Crippen LogP contribution < -0.4 is 11.1 Å². The number of nitrogens with two attached hydrogens (primary N) is 1. The van der Waals surface area contributed by atoms with Gasteiger partial charge in [-0.25, -0.2) is 4.99 Å². The predicted octanol–water partition coefficient (Wildman–Crippen LogP) is 3.04. The molecule has 2 aromatic carbocycles. The van der Waals surface area contributed by atoms with Crippen LogP contribution in [0.3, 0.4) is 0 Å². The molecule has 0 aliphatic rings. The van der Waals surface area contributed by atoms with Crippen LogP contribution >= 0.6 is 11.6 Å². The third kappa shape index (κ3) is 5.50. The van der Waals surface area contributed by atoms with E-state index in [4.69, 9.17) is 17.3 Å². The van der Waals surface area contributed by atoms with Gasteiger partial charge in [-0.1, -0.05) is 41.9 Å². The molecule has 3 N–H and O–H groups in total. The Balaban J connectivity index is 2.09. The van der Waals surface area contributed by atoms with Crippen LogP contribution in [-0.4, -0.2) is 30.4 Å². The lowest BCUT2D eigenvalue weighted by Crippen LogP contribution is -2.38. The number of hydrogen-bond donors (Lipinski definition) is 2. The SMILES string of the molecule is CCNC(=NCc1ccc(C(N)=O)cc1)N(C)Cc1ccccc1Cl. The molecule has 0 saturated carbocycles. The third-order valence-corrected chi connectivity index (χ3v) is 4.08. The van der Waals surface area contributed by atoms with Gasteiger partial charge in [-0.2, -0.15) is 0 Å². The number of aliphatic imine (C=N–C) groups is 1. The fourth-order valence-corrected chi connectivity index (χ4v) is 2.56. The fraction of sp³-hybridized carbons (Fsp3) is 0.263. The van der Waals surface area contributed by atoms with Crippen LogP contribution in [0.25, 0.3) is 0 Å². The normalized spacial score (nSPS) is 11.2. The van der Waals surface area contributed by atoms with Crippen molar-refractivity contribution in [2.75, 3.05) is 13.6 Å². The molecule has 0 fully saturated rings. The second-order valence-corrected chi connectivity index (χ2v) is 6.09. The molecule has 0 heterocycles. The minimum atomic E-state index is -0.428. The molecular formula is C19H23ClN4O. The van der Waals surface area contributed by atoms with Gasteiger partial charge >= 0.3 is 0 Å². The van der Waals surface area contributed by atoms with Crippen LogP contribution in [0.4, 0.5) is 0 Å². The highest BCUT2D eigenvalue weighted by Crippen LogP contribution is 2.16. The fourth-order valence-electron chi connectivity index (χ4n) is 2.37. The van der Waals surface area contributed by atoms with Gasteiger partial charge in [-0.3, -0.25) is 4.79 Å². The molecule has 0 aromatic heterocycles. The summed E-state index contributed by atoms with van der Waals surface area (Å²) in [5.74, 6) is 0.365. The summed E-state index contributed by atoms with van der Waals surface area (Å²) in [6.07, 6.45) is 0. The Labute approximate surface area is 153 Å². The van der Waals surface area contributed by atoms with Crippen LogP contribution in [0, 0.1) is 0 Å². The van der Waals surface area contributed by atoms with E-state index in [-0.39, 0.29) is 0 Å². The summed E-state index contributed by atoms with van der Waals surface area (Å²) < 4.78 is 0. The number of nitrogens with zero attached hydrogens (tertiary/aromatic N) is 2. The van der Waals surface area contributed by atoms with Crippen molar-refractivity contribution in [1.82, 2.24) is 10.2 Å². The number of amides is 1. The van der Waals surface area contributed by atoms with Crippen molar-refractivity contribution in [2.24, 2.45) is 10.7 Å². The molecule has 0 radical (unpaired) electrons. The lowest BCUT2D eigenvalue weighted by atomic mass is 10.1. The summed E-state index contributed by atoms with van der Waals surface area (Å²) >= 11 is 6.24. The molecule has 0 spiro atoms. The van der Waals surface area contributed by atoms with Gasteiger partial charge in [-0.15, -0.1) is 0 Å². The van der Waals surface area contributed by atoms with E-state index in [0.29, 0.717) is 18.7 Å². The minimum Gasteiger partial charge on any atom is -0.366 e. The molecule has 0 saturated heterocycles. The zero-order valence-corrected chi connectivity index (χ0v) is 15.3. The molecule has 2 aromatic rings. The first kappa shape index (κ1) is 18.8. The number of guanidine groups is 1. The maximum Gasteiger partial charge on any atom is 0.248 e. The van der Waals surface area contributed by atoms with Gasteiger partial charge in [0.15, 0.2) is 5.96 Å².